The topological polar surface area (TPSA) is 88.0 Å². The third kappa shape index (κ3) is 4.01. The first-order chi connectivity index (χ1) is 11.2. The predicted octanol–water partition coefficient (Wildman–Crippen LogP) is 2.86. The largest absolute Gasteiger partial charge is 0.406 e. The summed E-state index contributed by atoms with van der Waals surface area (Å²) in [5, 5.41) is 19.8. The second kappa shape index (κ2) is 6.57. The number of rotatable bonds is 5. The van der Waals surface area contributed by atoms with Gasteiger partial charge in [-0.05, 0) is 12.1 Å². The summed E-state index contributed by atoms with van der Waals surface area (Å²) in [6.45, 7) is -1.11. The Morgan fingerprint density at radius 3 is 2.75 bits per heavy atom. The maximum atomic E-state index is 12.5. The van der Waals surface area contributed by atoms with E-state index in [0.717, 1.165) is 4.57 Å². The van der Waals surface area contributed by atoms with Crippen LogP contribution in [0.1, 0.15) is 11.4 Å². The van der Waals surface area contributed by atoms with Crippen LogP contribution in [-0.4, -0.2) is 27.7 Å². The van der Waals surface area contributed by atoms with E-state index in [1.807, 2.05) is 0 Å². The minimum absolute atomic E-state index is 0.0474. The zero-order valence-electron chi connectivity index (χ0n) is 12.5. The Morgan fingerprint density at radius 1 is 1.46 bits per heavy atom. The molecule has 0 N–H and O–H groups in total. The second-order valence-electron chi connectivity index (χ2n) is 5.01. The molecule has 2 rings (SSSR count). The molecule has 7 nitrogen and oxygen atoms in total. The number of hydrogen-bond donors (Lipinski definition) is 0. The molecule has 2 aromatic rings. The van der Waals surface area contributed by atoms with Gasteiger partial charge in [0, 0.05) is 31.2 Å². The molecule has 0 aliphatic heterocycles. The summed E-state index contributed by atoms with van der Waals surface area (Å²) >= 11 is 0. The molecule has 0 aliphatic carbocycles. The first-order valence-electron chi connectivity index (χ1n) is 6.67. The average molecular weight is 339 g/mol. The number of imidazole rings is 1. The van der Waals surface area contributed by atoms with Gasteiger partial charge in [-0.2, -0.15) is 18.4 Å². The molecular weight excluding hydrogens is 327 g/mol. The molecular formula is C14H12F3N5O2. The number of nitro benzene ring substituents is 1. The van der Waals surface area contributed by atoms with Gasteiger partial charge >= 0.3 is 6.18 Å². The van der Waals surface area contributed by atoms with E-state index in [9.17, 15) is 23.3 Å². The van der Waals surface area contributed by atoms with Crippen LogP contribution >= 0.6 is 0 Å². The molecule has 1 aromatic carbocycles. The molecule has 0 radical (unpaired) electrons. The molecule has 0 bridgehead atoms. The third-order valence-corrected chi connectivity index (χ3v) is 3.27. The van der Waals surface area contributed by atoms with Crippen molar-refractivity contribution in [3.8, 4) is 6.07 Å². The van der Waals surface area contributed by atoms with Crippen LogP contribution in [0.4, 0.5) is 24.5 Å². The highest BCUT2D eigenvalue weighted by Gasteiger charge is 2.29. The van der Waals surface area contributed by atoms with E-state index < -0.39 is 17.6 Å². The quantitative estimate of drug-likeness (QED) is 0.617. The van der Waals surface area contributed by atoms with Crippen LogP contribution in [0.25, 0.3) is 0 Å². The lowest BCUT2D eigenvalue weighted by atomic mass is 10.1. The van der Waals surface area contributed by atoms with Crippen molar-refractivity contribution < 1.29 is 18.1 Å². The van der Waals surface area contributed by atoms with E-state index in [2.05, 4.69) is 4.98 Å². The van der Waals surface area contributed by atoms with Gasteiger partial charge in [0.05, 0.1) is 11.5 Å². The van der Waals surface area contributed by atoms with Gasteiger partial charge in [-0.3, -0.25) is 10.1 Å². The lowest BCUT2D eigenvalue weighted by molar-refractivity contribution is -0.385. The molecule has 0 spiro atoms. The molecule has 0 saturated carbocycles. The summed E-state index contributed by atoms with van der Waals surface area (Å²) in [5.41, 5.74) is 0.00918. The fourth-order valence-corrected chi connectivity index (χ4v) is 2.14. The van der Waals surface area contributed by atoms with Crippen molar-refractivity contribution >= 4 is 11.4 Å². The maximum Gasteiger partial charge on any atom is 0.406 e. The van der Waals surface area contributed by atoms with Gasteiger partial charge in [0.2, 0.25) is 0 Å². The van der Waals surface area contributed by atoms with Crippen molar-refractivity contribution in [1.29, 1.82) is 5.26 Å². The van der Waals surface area contributed by atoms with E-state index in [4.69, 9.17) is 5.26 Å². The van der Waals surface area contributed by atoms with Crippen LogP contribution in [-0.2, 0) is 13.1 Å². The fourth-order valence-electron chi connectivity index (χ4n) is 2.14. The van der Waals surface area contributed by atoms with Crippen molar-refractivity contribution in [3.63, 3.8) is 0 Å². The highest BCUT2D eigenvalue weighted by molar-refractivity contribution is 5.59. The second-order valence-corrected chi connectivity index (χ2v) is 5.01. The highest BCUT2D eigenvalue weighted by atomic mass is 19.4. The maximum absolute atomic E-state index is 12.5. The first-order valence-corrected chi connectivity index (χ1v) is 6.67. The zero-order chi connectivity index (χ0) is 17.9. The molecule has 1 heterocycles. The Hall–Kier alpha value is -3.09. The van der Waals surface area contributed by atoms with E-state index in [1.165, 1.54) is 30.6 Å². The SMILES string of the molecule is CN(Cc1nccn1CC(F)(F)F)c1ccc([N+](=O)[O-])c(C#N)c1. The predicted molar refractivity (Wildman–Crippen MR) is 78.2 cm³/mol. The van der Waals surface area contributed by atoms with Gasteiger partial charge in [-0.1, -0.05) is 0 Å². The standard InChI is InChI=1S/C14H12F3N5O2/c1-20(8-13-19-4-5-21(13)9-14(15,16)17)11-2-3-12(22(23)24)10(6-11)7-18/h2-6H,8-9H2,1H3. The Bertz CT molecular complexity index is 794. The van der Waals surface area contributed by atoms with Crippen LogP contribution in [0, 0.1) is 21.4 Å². The number of aromatic nitrogens is 2. The van der Waals surface area contributed by atoms with Crippen molar-refractivity contribution in [2.24, 2.45) is 0 Å². The molecule has 24 heavy (non-hydrogen) atoms. The van der Waals surface area contributed by atoms with Crippen LogP contribution < -0.4 is 4.90 Å². The molecule has 0 atom stereocenters. The summed E-state index contributed by atoms with van der Waals surface area (Å²) in [6, 6.07) is 5.66. The summed E-state index contributed by atoms with van der Waals surface area (Å²) in [5.74, 6) is 0.187. The van der Waals surface area contributed by atoms with Gasteiger partial charge in [-0.15, -0.1) is 0 Å². The molecule has 126 valence electrons. The molecule has 0 fully saturated rings. The number of anilines is 1. The molecule has 0 unspecified atom stereocenters. The Balaban J connectivity index is 2.22. The minimum Gasteiger partial charge on any atom is -0.367 e. The molecule has 10 heteroatoms. The number of nitrogens with zero attached hydrogens (tertiary/aromatic N) is 5. The van der Waals surface area contributed by atoms with Gasteiger partial charge in [0.15, 0.2) is 0 Å². The number of benzene rings is 1. The minimum atomic E-state index is -4.37. The van der Waals surface area contributed by atoms with Gasteiger partial charge < -0.3 is 9.47 Å². The number of alkyl halides is 3. The van der Waals surface area contributed by atoms with E-state index in [-0.39, 0.29) is 23.6 Å². The van der Waals surface area contributed by atoms with Crippen molar-refractivity contribution in [2.75, 3.05) is 11.9 Å². The normalized spacial score (nSPS) is 11.1. The zero-order valence-corrected chi connectivity index (χ0v) is 12.5. The monoisotopic (exact) mass is 339 g/mol. The molecule has 0 aliphatic rings. The summed E-state index contributed by atoms with van der Waals surface area (Å²) in [7, 11) is 1.59. The Labute approximate surface area is 134 Å². The van der Waals surface area contributed by atoms with Gasteiger partial charge in [-0.25, -0.2) is 4.98 Å². The first kappa shape index (κ1) is 17.3. The fraction of sp³-hybridized carbons (Fsp3) is 0.286. The third-order valence-electron chi connectivity index (χ3n) is 3.27. The Morgan fingerprint density at radius 2 is 2.17 bits per heavy atom. The van der Waals surface area contributed by atoms with E-state index >= 15 is 0 Å². The highest BCUT2D eigenvalue weighted by Crippen LogP contribution is 2.25. The lowest BCUT2D eigenvalue weighted by Gasteiger charge is -2.20. The number of nitriles is 1. The molecule has 0 saturated heterocycles. The van der Waals surface area contributed by atoms with Crippen molar-refractivity contribution in [3.05, 3.63) is 52.1 Å². The molecule has 0 amide bonds. The summed E-state index contributed by atoms with van der Waals surface area (Å²) in [6.07, 6.45) is -1.87. The van der Waals surface area contributed by atoms with Crippen molar-refractivity contribution in [2.45, 2.75) is 19.3 Å². The van der Waals surface area contributed by atoms with Gasteiger partial charge in [0.1, 0.15) is 24.0 Å². The smallest absolute Gasteiger partial charge is 0.367 e. The van der Waals surface area contributed by atoms with Crippen LogP contribution in [0.5, 0.6) is 0 Å². The van der Waals surface area contributed by atoms with E-state index in [0.29, 0.717) is 5.69 Å². The van der Waals surface area contributed by atoms with Crippen LogP contribution in [0.15, 0.2) is 30.6 Å². The molecule has 1 aromatic heterocycles. The number of hydrogen-bond acceptors (Lipinski definition) is 5. The summed E-state index contributed by atoms with van der Waals surface area (Å²) < 4.78 is 38.5. The summed E-state index contributed by atoms with van der Waals surface area (Å²) in [4.78, 5) is 15.6. The Kier molecular flexibility index (Phi) is 4.73. The lowest BCUT2D eigenvalue weighted by Crippen LogP contribution is -2.23. The van der Waals surface area contributed by atoms with Crippen LogP contribution in [0.3, 0.4) is 0 Å². The number of halogens is 3. The van der Waals surface area contributed by atoms with E-state index in [1.54, 1.807) is 18.0 Å². The van der Waals surface area contributed by atoms with Gasteiger partial charge in [0.25, 0.3) is 5.69 Å². The van der Waals surface area contributed by atoms with Crippen molar-refractivity contribution in [1.82, 2.24) is 9.55 Å². The average Bonchev–Trinajstić information content (AvgIpc) is 2.91. The number of nitro groups is 1. The van der Waals surface area contributed by atoms with Crippen LogP contribution in [0.2, 0.25) is 0 Å².